The van der Waals surface area contributed by atoms with Gasteiger partial charge in [0.2, 0.25) is 0 Å². The highest BCUT2D eigenvalue weighted by molar-refractivity contribution is 6.62. The van der Waals surface area contributed by atoms with Gasteiger partial charge in [-0.2, -0.15) is 0 Å². The normalized spacial score (nSPS) is 17.8. The number of benzene rings is 2. The fourth-order valence-corrected chi connectivity index (χ4v) is 2.72. The monoisotopic (exact) mass is 376 g/mol. The highest BCUT2D eigenvalue weighted by Gasteiger charge is 2.51. The van der Waals surface area contributed by atoms with Crippen molar-refractivity contribution in [2.24, 2.45) is 0 Å². The molecule has 27 heavy (non-hydrogen) atoms. The lowest BCUT2D eigenvalue weighted by molar-refractivity contribution is 0.00578. The first-order valence-corrected chi connectivity index (χ1v) is 8.73. The second-order valence-electron chi connectivity index (χ2n) is 7.54. The summed E-state index contributed by atoms with van der Waals surface area (Å²) in [6, 6.07) is 9.04. The SMILES string of the molecule is COc1ccc(COc2ccc(B3OC(C)(C)C(C)(C)O3)cc2F)cc1F. The van der Waals surface area contributed by atoms with E-state index in [4.69, 9.17) is 18.8 Å². The van der Waals surface area contributed by atoms with Gasteiger partial charge in [-0.3, -0.25) is 0 Å². The quantitative estimate of drug-likeness (QED) is 0.743. The van der Waals surface area contributed by atoms with Gasteiger partial charge in [0.1, 0.15) is 6.61 Å². The third kappa shape index (κ3) is 3.94. The second-order valence-corrected chi connectivity index (χ2v) is 7.54. The molecule has 0 aromatic heterocycles. The van der Waals surface area contributed by atoms with E-state index in [1.54, 1.807) is 12.1 Å². The first-order chi connectivity index (χ1) is 12.6. The summed E-state index contributed by atoms with van der Waals surface area (Å²) >= 11 is 0. The molecule has 0 radical (unpaired) electrons. The summed E-state index contributed by atoms with van der Waals surface area (Å²) in [4.78, 5) is 0. The predicted molar refractivity (Wildman–Crippen MR) is 99.4 cm³/mol. The van der Waals surface area contributed by atoms with Crippen LogP contribution in [0.15, 0.2) is 36.4 Å². The van der Waals surface area contributed by atoms with Crippen molar-refractivity contribution in [1.82, 2.24) is 0 Å². The van der Waals surface area contributed by atoms with Crippen molar-refractivity contribution in [2.45, 2.75) is 45.5 Å². The van der Waals surface area contributed by atoms with Gasteiger partial charge in [-0.25, -0.2) is 8.78 Å². The van der Waals surface area contributed by atoms with Gasteiger partial charge in [-0.15, -0.1) is 0 Å². The molecule has 2 aromatic carbocycles. The van der Waals surface area contributed by atoms with Gasteiger partial charge in [0.05, 0.1) is 18.3 Å². The number of methoxy groups -OCH3 is 1. The Kier molecular flexibility index (Phi) is 5.19. The number of hydrogen-bond acceptors (Lipinski definition) is 4. The zero-order valence-electron chi connectivity index (χ0n) is 16.1. The van der Waals surface area contributed by atoms with Crippen LogP contribution in [0.5, 0.6) is 11.5 Å². The van der Waals surface area contributed by atoms with E-state index in [0.717, 1.165) is 0 Å². The van der Waals surface area contributed by atoms with Gasteiger partial charge in [0.15, 0.2) is 23.1 Å². The van der Waals surface area contributed by atoms with Crippen LogP contribution in [0.1, 0.15) is 33.3 Å². The Labute approximate surface area is 158 Å². The second kappa shape index (κ2) is 7.13. The molecule has 0 atom stereocenters. The Morgan fingerprint density at radius 2 is 1.48 bits per heavy atom. The van der Waals surface area contributed by atoms with E-state index in [2.05, 4.69) is 0 Å². The molecule has 1 aliphatic heterocycles. The summed E-state index contributed by atoms with van der Waals surface area (Å²) in [6.07, 6.45) is 0. The Balaban J connectivity index is 1.70. The molecular formula is C20H23BF2O4. The average molecular weight is 376 g/mol. The molecule has 0 unspecified atom stereocenters. The van der Waals surface area contributed by atoms with Crippen molar-refractivity contribution in [2.75, 3.05) is 7.11 Å². The Hall–Kier alpha value is -2.12. The molecule has 0 N–H and O–H groups in total. The van der Waals surface area contributed by atoms with Crippen LogP contribution in [0.25, 0.3) is 0 Å². The molecule has 1 aliphatic rings. The Bertz CT molecular complexity index is 823. The molecular weight excluding hydrogens is 353 g/mol. The van der Waals surface area contributed by atoms with Crippen LogP contribution >= 0.6 is 0 Å². The van der Waals surface area contributed by atoms with Crippen molar-refractivity contribution in [3.8, 4) is 11.5 Å². The van der Waals surface area contributed by atoms with Gasteiger partial charge < -0.3 is 18.8 Å². The topological polar surface area (TPSA) is 36.9 Å². The summed E-state index contributed by atoms with van der Waals surface area (Å²) in [7, 11) is 0.750. The molecule has 0 amide bonds. The van der Waals surface area contributed by atoms with Crippen molar-refractivity contribution in [3.63, 3.8) is 0 Å². The van der Waals surface area contributed by atoms with Gasteiger partial charge in [-0.05, 0) is 63.0 Å². The number of halogens is 2. The summed E-state index contributed by atoms with van der Waals surface area (Å²) < 4.78 is 50.4. The van der Waals surface area contributed by atoms with E-state index >= 15 is 0 Å². The minimum Gasteiger partial charge on any atom is -0.494 e. The van der Waals surface area contributed by atoms with Crippen LogP contribution in [0.2, 0.25) is 0 Å². The molecule has 2 aromatic rings. The first-order valence-electron chi connectivity index (χ1n) is 8.73. The van der Waals surface area contributed by atoms with Crippen LogP contribution in [-0.4, -0.2) is 25.4 Å². The van der Waals surface area contributed by atoms with Gasteiger partial charge in [0, 0.05) is 0 Å². The molecule has 3 rings (SSSR count). The van der Waals surface area contributed by atoms with Crippen LogP contribution in [-0.2, 0) is 15.9 Å². The lowest BCUT2D eigenvalue weighted by Crippen LogP contribution is -2.41. The summed E-state index contributed by atoms with van der Waals surface area (Å²) in [5, 5.41) is 0. The third-order valence-corrected chi connectivity index (χ3v) is 5.09. The number of ether oxygens (including phenoxy) is 2. The van der Waals surface area contributed by atoms with Crippen LogP contribution < -0.4 is 14.9 Å². The maximum atomic E-state index is 14.5. The highest BCUT2D eigenvalue weighted by Crippen LogP contribution is 2.36. The molecule has 0 bridgehead atoms. The lowest BCUT2D eigenvalue weighted by atomic mass is 9.79. The van der Waals surface area contributed by atoms with Crippen molar-refractivity contribution in [3.05, 3.63) is 53.6 Å². The van der Waals surface area contributed by atoms with Crippen molar-refractivity contribution in [1.29, 1.82) is 0 Å². The van der Waals surface area contributed by atoms with E-state index in [9.17, 15) is 8.78 Å². The van der Waals surface area contributed by atoms with Crippen LogP contribution in [0, 0.1) is 11.6 Å². The van der Waals surface area contributed by atoms with Crippen LogP contribution in [0.4, 0.5) is 8.78 Å². The number of rotatable bonds is 5. The highest BCUT2D eigenvalue weighted by atomic mass is 19.1. The summed E-state index contributed by atoms with van der Waals surface area (Å²) in [5.74, 6) is -0.797. The zero-order chi connectivity index (χ0) is 19.8. The first kappa shape index (κ1) is 19.6. The molecule has 0 saturated carbocycles. The molecule has 4 nitrogen and oxygen atoms in total. The molecule has 144 valence electrons. The van der Waals surface area contributed by atoms with E-state index in [0.29, 0.717) is 11.0 Å². The predicted octanol–water partition coefficient (Wildman–Crippen LogP) is 3.85. The molecule has 0 spiro atoms. The van der Waals surface area contributed by atoms with Gasteiger partial charge in [0.25, 0.3) is 0 Å². The van der Waals surface area contributed by atoms with Gasteiger partial charge >= 0.3 is 7.12 Å². The third-order valence-electron chi connectivity index (χ3n) is 5.09. The average Bonchev–Trinajstić information content (AvgIpc) is 2.81. The van der Waals surface area contributed by atoms with E-state index in [1.165, 1.54) is 31.4 Å². The number of hydrogen-bond donors (Lipinski definition) is 0. The minimum atomic E-state index is -0.644. The molecule has 1 saturated heterocycles. The standard InChI is InChI=1S/C20H23BF2O4/c1-19(2)20(3,4)27-21(26-19)14-7-9-18(16(23)11-14)25-12-13-6-8-17(24-5)15(22)10-13/h6-11H,12H2,1-5H3. The van der Waals surface area contributed by atoms with Crippen LogP contribution in [0.3, 0.4) is 0 Å². The fraction of sp³-hybridized carbons (Fsp3) is 0.400. The summed E-state index contributed by atoms with van der Waals surface area (Å²) in [6.45, 7) is 7.79. The van der Waals surface area contributed by atoms with Gasteiger partial charge in [-0.1, -0.05) is 12.1 Å². The molecule has 1 heterocycles. The molecule has 1 fully saturated rings. The lowest BCUT2D eigenvalue weighted by Gasteiger charge is -2.32. The Morgan fingerprint density at radius 1 is 0.889 bits per heavy atom. The van der Waals surface area contributed by atoms with E-state index < -0.39 is 30.0 Å². The minimum absolute atomic E-state index is 0.0354. The van der Waals surface area contributed by atoms with E-state index in [1.807, 2.05) is 27.7 Å². The fourth-order valence-electron chi connectivity index (χ4n) is 2.72. The molecule has 0 aliphatic carbocycles. The van der Waals surface area contributed by atoms with Crippen molar-refractivity contribution < 1.29 is 27.6 Å². The van der Waals surface area contributed by atoms with Crippen molar-refractivity contribution >= 4 is 12.6 Å². The van der Waals surface area contributed by atoms with E-state index in [-0.39, 0.29) is 18.1 Å². The smallest absolute Gasteiger partial charge is 0.494 e. The largest absolute Gasteiger partial charge is 0.494 e. The maximum Gasteiger partial charge on any atom is 0.494 e. The molecule has 7 heteroatoms. The zero-order valence-corrected chi connectivity index (χ0v) is 16.1. The Morgan fingerprint density at radius 3 is 2.04 bits per heavy atom. The summed E-state index contributed by atoms with van der Waals surface area (Å²) in [5.41, 5.74) is 0.153. The maximum absolute atomic E-state index is 14.5.